The standard InChI is InChI=1S/C30H16B2O4/c1-5-13-21-17(9-1)31-18-10-2-6-14-22(18)34-28-25(31)27(33-21)29-26-30(28)36-24-16-8-4-12-20(24)32(26)19-11-3-7-15-23(19)35-29/h1-16H. The molecule has 0 N–H and O–H groups in total. The van der Waals surface area contributed by atoms with Gasteiger partial charge in [-0.2, -0.15) is 0 Å². The lowest BCUT2D eigenvalue weighted by atomic mass is 9.32. The molecule has 166 valence electrons. The maximum Gasteiger partial charge on any atom is 0.261 e. The number of ether oxygens (including phenoxy) is 4. The first kappa shape index (κ1) is 18.7. The molecular formula is C30H16B2O4. The molecule has 6 heteroatoms. The van der Waals surface area contributed by atoms with Crippen molar-refractivity contribution in [2.24, 2.45) is 0 Å². The van der Waals surface area contributed by atoms with E-state index in [0.717, 1.165) is 55.8 Å². The number of benzene rings is 5. The van der Waals surface area contributed by atoms with E-state index in [2.05, 4.69) is 48.5 Å². The zero-order chi connectivity index (χ0) is 23.4. The molecule has 0 spiro atoms. The van der Waals surface area contributed by atoms with Gasteiger partial charge in [-0.05, 0) is 46.1 Å². The molecule has 0 radical (unpaired) electrons. The van der Waals surface area contributed by atoms with Crippen molar-refractivity contribution in [2.45, 2.75) is 0 Å². The molecule has 36 heavy (non-hydrogen) atoms. The Hall–Kier alpha value is -4.57. The lowest BCUT2D eigenvalue weighted by molar-refractivity contribution is 0.396. The molecule has 5 aromatic rings. The Balaban J connectivity index is 1.43. The molecule has 4 aliphatic rings. The summed E-state index contributed by atoms with van der Waals surface area (Å²) in [6.07, 6.45) is 0. The third-order valence-electron chi connectivity index (χ3n) is 7.74. The molecule has 4 nitrogen and oxygen atoms in total. The van der Waals surface area contributed by atoms with E-state index >= 15 is 0 Å². The smallest absolute Gasteiger partial charge is 0.261 e. The van der Waals surface area contributed by atoms with Crippen molar-refractivity contribution >= 4 is 46.2 Å². The minimum Gasteiger partial charge on any atom is -0.454 e. The molecule has 5 aromatic carbocycles. The van der Waals surface area contributed by atoms with Crippen LogP contribution in [-0.2, 0) is 0 Å². The van der Waals surface area contributed by atoms with Crippen LogP contribution in [0.2, 0.25) is 0 Å². The molecule has 0 fully saturated rings. The van der Waals surface area contributed by atoms with Crippen LogP contribution in [0.15, 0.2) is 97.1 Å². The first-order valence-electron chi connectivity index (χ1n) is 12.2. The third-order valence-corrected chi connectivity index (χ3v) is 7.74. The lowest BCUT2D eigenvalue weighted by Crippen LogP contribution is -2.61. The minimum atomic E-state index is -0.0496. The number of para-hydroxylation sites is 4. The average Bonchev–Trinajstić information content (AvgIpc) is 2.94. The van der Waals surface area contributed by atoms with Crippen molar-refractivity contribution in [1.29, 1.82) is 0 Å². The van der Waals surface area contributed by atoms with Gasteiger partial charge in [0.05, 0.1) is 0 Å². The highest BCUT2D eigenvalue weighted by Gasteiger charge is 2.50. The normalized spacial score (nSPS) is 14.3. The fraction of sp³-hybridized carbons (Fsp3) is 0. The predicted octanol–water partition coefficient (Wildman–Crippen LogP) is 3.14. The van der Waals surface area contributed by atoms with Gasteiger partial charge >= 0.3 is 0 Å². The van der Waals surface area contributed by atoms with Gasteiger partial charge in [-0.1, -0.05) is 72.8 Å². The summed E-state index contributed by atoms with van der Waals surface area (Å²) in [5, 5.41) is 0. The van der Waals surface area contributed by atoms with Crippen LogP contribution in [-0.4, -0.2) is 13.4 Å². The summed E-state index contributed by atoms with van der Waals surface area (Å²) in [6, 6.07) is 32.9. The SMILES string of the molecule is c1ccc2c(c1)Oc1c3c4c(c5c1B2c1ccccc1O5)Oc1ccccc1B4c1ccccc1O3. The van der Waals surface area contributed by atoms with E-state index in [1.165, 1.54) is 0 Å². The summed E-state index contributed by atoms with van der Waals surface area (Å²) in [7, 11) is 0. The van der Waals surface area contributed by atoms with Crippen molar-refractivity contribution in [3.8, 4) is 46.0 Å². The van der Waals surface area contributed by atoms with Gasteiger partial charge in [-0.3, -0.25) is 0 Å². The van der Waals surface area contributed by atoms with Gasteiger partial charge in [0.2, 0.25) is 0 Å². The molecule has 4 aliphatic heterocycles. The Morgan fingerprint density at radius 3 is 0.861 bits per heavy atom. The van der Waals surface area contributed by atoms with Crippen molar-refractivity contribution < 1.29 is 18.9 Å². The number of hydrogen-bond acceptors (Lipinski definition) is 4. The maximum absolute atomic E-state index is 6.65. The Labute approximate surface area is 208 Å². The van der Waals surface area contributed by atoms with Crippen LogP contribution in [0.5, 0.6) is 46.0 Å². The molecule has 0 saturated carbocycles. The third kappa shape index (κ3) is 2.22. The summed E-state index contributed by atoms with van der Waals surface area (Å²) in [6.45, 7) is -0.0992. The molecular weight excluding hydrogens is 446 g/mol. The van der Waals surface area contributed by atoms with Crippen molar-refractivity contribution in [3.63, 3.8) is 0 Å². The second kappa shape index (κ2) is 6.55. The van der Waals surface area contributed by atoms with Gasteiger partial charge in [0.1, 0.15) is 23.0 Å². The van der Waals surface area contributed by atoms with E-state index in [1.807, 2.05) is 48.5 Å². The Kier molecular flexibility index (Phi) is 3.41. The van der Waals surface area contributed by atoms with E-state index in [-0.39, 0.29) is 13.4 Å². The van der Waals surface area contributed by atoms with Gasteiger partial charge in [-0.25, -0.2) is 0 Å². The molecule has 0 amide bonds. The van der Waals surface area contributed by atoms with Crippen LogP contribution >= 0.6 is 0 Å². The average molecular weight is 462 g/mol. The summed E-state index contributed by atoms with van der Waals surface area (Å²) < 4.78 is 26.6. The quantitative estimate of drug-likeness (QED) is 0.325. The first-order valence-corrected chi connectivity index (χ1v) is 12.2. The summed E-state index contributed by atoms with van der Waals surface area (Å²) in [5.41, 5.74) is 6.35. The van der Waals surface area contributed by atoms with Gasteiger partial charge < -0.3 is 18.9 Å². The Morgan fingerprint density at radius 2 is 0.583 bits per heavy atom. The van der Waals surface area contributed by atoms with Gasteiger partial charge in [0.15, 0.2) is 23.0 Å². The molecule has 0 unspecified atom stereocenters. The number of hydrogen-bond donors (Lipinski definition) is 0. The largest absolute Gasteiger partial charge is 0.454 e. The van der Waals surface area contributed by atoms with E-state index in [0.29, 0.717) is 23.0 Å². The second-order valence-corrected chi connectivity index (χ2v) is 9.57. The molecule has 0 saturated heterocycles. The van der Waals surface area contributed by atoms with Gasteiger partial charge in [-0.15, -0.1) is 0 Å². The summed E-state index contributed by atoms with van der Waals surface area (Å²) in [5.74, 6) is 6.20. The van der Waals surface area contributed by atoms with Crippen LogP contribution in [0, 0.1) is 0 Å². The van der Waals surface area contributed by atoms with Gasteiger partial charge in [0, 0.05) is 10.9 Å². The molecule has 0 atom stereocenters. The van der Waals surface area contributed by atoms with E-state index in [4.69, 9.17) is 18.9 Å². The Bertz CT molecular complexity index is 1530. The van der Waals surface area contributed by atoms with Crippen LogP contribution in [0.1, 0.15) is 0 Å². The zero-order valence-electron chi connectivity index (χ0n) is 19.0. The first-order chi connectivity index (χ1) is 17.9. The molecule has 0 bridgehead atoms. The second-order valence-electron chi connectivity index (χ2n) is 9.57. The fourth-order valence-electron chi connectivity index (χ4n) is 6.27. The van der Waals surface area contributed by atoms with Crippen LogP contribution < -0.4 is 51.7 Å². The van der Waals surface area contributed by atoms with E-state index in [1.54, 1.807) is 0 Å². The lowest BCUT2D eigenvalue weighted by Gasteiger charge is -2.40. The molecule has 4 heterocycles. The van der Waals surface area contributed by atoms with Crippen LogP contribution in [0.3, 0.4) is 0 Å². The van der Waals surface area contributed by atoms with Crippen molar-refractivity contribution in [3.05, 3.63) is 97.1 Å². The fourth-order valence-corrected chi connectivity index (χ4v) is 6.27. The monoisotopic (exact) mass is 462 g/mol. The molecule has 0 aromatic heterocycles. The molecule has 9 rings (SSSR count). The van der Waals surface area contributed by atoms with Crippen LogP contribution in [0.25, 0.3) is 0 Å². The number of fused-ring (bicyclic) bond motifs is 10. The van der Waals surface area contributed by atoms with Crippen LogP contribution in [0.4, 0.5) is 0 Å². The maximum atomic E-state index is 6.65. The van der Waals surface area contributed by atoms with E-state index in [9.17, 15) is 0 Å². The topological polar surface area (TPSA) is 36.9 Å². The highest BCUT2D eigenvalue weighted by atomic mass is 16.5. The van der Waals surface area contributed by atoms with Gasteiger partial charge in [0.25, 0.3) is 13.4 Å². The van der Waals surface area contributed by atoms with Crippen molar-refractivity contribution in [2.75, 3.05) is 0 Å². The highest BCUT2D eigenvalue weighted by molar-refractivity contribution is 7.00. The minimum absolute atomic E-state index is 0.0496. The van der Waals surface area contributed by atoms with E-state index < -0.39 is 0 Å². The Morgan fingerprint density at radius 1 is 0.333 bits per heavy atom. The summed E-state index contributed by atoms with van der Waals surface area (Å²) in [4.78, 5) is 0. The summed E-state index contributed by atoms with van der Waals surface area (Å²) >= 11 is 0. The number of rotatable bonds is 0. The van der Waals surface area contributed by atoms with Crippen molar-refractivity contribution in [1.82, 2.24) is 0 Å². The predicted molar refractivity (Wildman–Crippen MR) is 142 cm³/mol. The highest BCUT2D eigenvalue weighted by Crippen LogP contribution is 2.48. The molecule has 0 aliphatic carbocycles. The zero-order valence-corrected chi connectivity index (χ0v) is 19.0.